The number of ether oxygens (including phenoxy) is 1. The maximum atomic E-state index is 12.4. The van der Waals surface area contributed by atoms with E-state index in [0.717, 1.165) is 10.9 Å². The van der Waals surface area contributed by atoms with Gasteiger partial charge >= 0.3 is 5.63 Å². The summed E-state index contributed by atoms with van der Waals surface area (Å²) in [5.41, 5.74) is 1.35. The summed E-state index contributed by atoms with van der Waals surface area (Å²) in [6.07, 6.45) is 0.710. The molecule has 0 saturated carbocycles. The standard InChI is InChI=1S/C24H33N3O6/c1-7-14(4)22(24(31)26-13(2)3)27-19(28)11-25-20(29)12-32-18-9-8-17-15(5)10-21(30)33-23(17)16(18)6/h8-10,13-14,22H,7,11-12H2,1-6H3,(H,25,29)(H,26,31)(H,27,28)/t14-,22-/m1/s1. The molecule has 2 atom stereocenters. The van der Waals surface area contributed by atoms with Gasteiger partial charge in [0.1, 0.15) is 17.4 Å². The first-order chi connectivity index (χ1) is 15.5. The highest BCUT2D eigenvalue weighted by molar-refractivity contribution is 5.90. The van der Waals surface area contributed by atoms with Gasteiger partial charge in [0.25, 0.3) is 5.91 Å². The van der Waals surface area contributed by atoms with Gasteiger partial charge in [-0.2, -0.15) is 0 Å². The first-order valence-electron chi connectivity index (χ1n) is 11.1. The van der Waals surface area contributed by atoms with E-state index in [-0.39, 0.29) is 31.0 Å². The summed E-state index contributed by atoms with van der Waals surface area (Å²) < 4.78 is 10.9. The Balaban J connectivity index is 1.93. The van der Waals surface area contributed by atoms with E-state index >= 15 is 0 Å². The summed E-state index contributed by atoms with van der Waals surface area (Å²) in [5, 5.41) is 8.77. The highest BCUT2D eigenvalue weighted by Gasteiger charge is 2.26. The van der Waals surface area contributed by atoms with E-state index in [9.17, 15) is 19.2 Å². The number of carbonyl (C=O) groups is 3. The Morgan fingerprint density at radius 2 is 1.76 bits per heavy atom. The van der Waals surface area contributed by atoms with Crippen molar-refractivity contribution in [1.82, 2.24) is 16.0 Å². The number of fused-ring (bicyclic) bond motifs is 1. The normalized spacial score (nSPS) is 12.8. The van der Waals surface area contributed by atoms with E-state index in [1.54, 1.807) is 19.1 Å². The summed E-state index contributed by atoms with van der Waals surface area (Å²) in [6, 6.07) is 4.15. The zero-order valence-electron chi connectivity index (χ0n) is 20.0. The van der Waals surface area contributed by atoms with Crippen LogP contribution in [0.25, 0.3) is 11.0 Å². The predicted octanol–water partition coefficient (Wildman–Crippen LogP) is 1.96. The van der Waals surface area contributed by atoms with Gasteiger partial charge in [-0.15, -0.1) is 0 Å². The van der Waals surface area contributed by atoms with Gasteiger partial charge in [0.2, 0.25) is 11.8 Å². The Hall–Kier alpha value is -3.36. The third-order valence-corrected chi connectivity index (χ3v) is 5.37. The van der Waals surface area contributed by atoms with Crippen molar-refractivity contribution in [2.24, 2.45) is 5.92 Å². The molecular formula is C24H33N3O6. The molecule has 180 valence electrons. The quantitative estimate of drug-likeness (QED) is 0.466. The zero-order chi connectivity index (χ0) is 24.7. The second-order valence-electron chi connectivity index (χ2n) is 8.47. The molecule has 0 radical (unpaired) electrons. The van der Waals surface area contributed by atoms with E-state index in [1.807, 2.05) is 34.6 Å². The molecule has 0 saturated heterocycles. The van der Waals surface area contributed by atoms with Crippen LogP contribution >= 0.6 is 0 Å². The number of nitrogens with one attached hydrogen (secondary N) is 3. The lowest BCUT2D eigenvalue weighted by atomic mass is 9.98. The molecule has 0 aliphatic carbocycles. The van der Waals surface area contributed by atoms with Crippen molar-refractivity contribution >= 4 is 28.7 Å². The Bertz CT molecular complexity index is 1080. The topological polar surface area (TPSA) is 127 Å². The largest absolute Gasteiger partial charge is 0.483 e. The fourth-order valence-electron chi connectivity index (χ4n) is 3.33. The molecule has 33 heavy (non-hydrogen) atoms. The Kier molecular flexibility index (Phi) is 9.02. The van der Waals surface area contributed by atoms with Crippen molar-refractivity contribution in [2.45, 2.75) is 60.0 Å². The number of aryl methyl sites for hydroxylation is 2. The smallest absolute Gasteiger partial charge is 0.336 e. The average molecular weight is 460 g/mol. The molecule has 1 heterocycles. The molecule has 0 unspecified atom stereocenters. The van der Waals surface area contributed by atoms with Crippen LogP contribution in [0.2, 0.25) is 0 Å². The van der Waals surface area contributed by atoms with Crippen LogP contribution in [0.4, 0.5) is 0 Å². The van der Waals surface area contributed by atoms with Crippen LogP contribution in [0.1, 0.15) is 45.2 Å². The summed E-state index contributed by atoms with van der Waals surface area (Å²) in [6.45, 7) is 10.5. The average Bonchev–Trinajstić information content (AvgIpc) is 2.74. The van der Waals surface area contributed by atoms with E-state index in [2.05, 4.69) is 16.0 Å². The molecule has 1 aromatic carbocycles. The van der Waals surface area contributed by atoms with Gasteiger partial charge in [0, 0.05) is 23.1 Å². The van der Waals surface area contributed by atoms with Gasteiger partial charge in [-0.25, -0.2) is 4.79 Å². The monoisotopic (exact) mass is 459 g/mol. The van der Waals surface area contributed by atoms with Gasteiger partial charge in [0.15, 0.2) is 6.61 Å². The minimum absolute atomic E-state index is 0.0479. The summed E-state index contributed by atoms with van der Waals surface area (Å²) >= 11 is 0. The minimum atomic E-state index is -0.684. The lowest BCUT2D eigenvalue weighted by Crippen LogP contribution is -2.53. The molecule has 0 fully saturated rings. The molecule has 3 amide bonds. The van der Waals surface area contributed by atoms with Crippen LogP contribution in [-0.4, -0.2) is 43.0 Å². The number of hydrogen-bond donors (Lipinski definition) is 3. The van der Waals surface area contributed by atoms with Crippen molar-refractivity contribution in [1.29, 1.82) is 0 Å². The number of hydrogen-bond acceptors (Lipinski definition) is 6. The number of amides is 3. The van der Waals surface area contributed by atoms with E-state index < -0.39 is 23.5 Å². The van der Waals surface area contributed by atoms with Crippen LogP contribution < -0.4 is 26.3 Å². The summed E-state index contributed by atoms with van der Waals surface area (Å²) in [4.78, 5) is 48.6. The van der Waals surface area contributed by atoms with Gasteiger partial charge in [-0.1, -0.05) is 20.3 Å². The van der Waals surface area contributed by atoms with Gasteiger partial charge < -0.3 is 25.1 Å². The summed E-state index contributed by atoms with van der Waals surface area (Å²) in [7, 11) is 0. The Morgan fingerprint density at radius 1 is 1.06 bits per heavy atom. The molecule has 1 aromatic heterocycles. The lowest BCUT2D eigenvalue weighted by Gasteiger charge is -2.24. The highest BCUT2D eigenvalue weighted by atomic mass is 16.5. The Morgan fingerprint density at radius 3 is 2.39 bits per heavy atom. The first-order valence-corrected chi connectivity index (χ1v) is 11.1. The van der Waals surface area contributed by atoms with E-state index in [1.165, 1.54) is 6.07 Å². The first kappa shape index (κ1) is 25.9. The van der Waals surface area contributed by atoms with Gasteiger partial charge in [0.05, 0.1) is 6.54 Å². The maximum Gasteiger partial charge on any atom is 0.336 e. The maximum absolute atomic E-state index is 12.4. The molecule has 2 aromatic rings. The second kappa shape index (κ2) is 11.5. The van der Waals surface area contributed by atoms with Crippen LogP contribution in [0.15, 0.2) is 27.4 Å². The van der Waals surface area contributed by atoms with Crippen molar-refractivity contribution < 1.29 is 23.5 Å². The van der Waals surface area contributed by atoms with Crippen molar-refractivity contribution in [2.75, 3.05) is 13.2 Å². The zero-order valence-corrected chi connectivity index (χ0v) is 20.0. The number of benzene rings is 1. The summed E-state index contributed by atoms with van der Waals surface area (Å²) in [5.74, 6) is -0.880. The van der Waals surface area contributed by atoms with E-state index in [0.29, 0.717) is 23.3 Å². The lowest BCUT2D eigenvalue weighted by molar-refractivity contribution is -0.131. The molecule has 0 aliphatic rings. The third-order valence-electron chi connectivity index (χ3n) is 5.37. The molecule has 9 nitrogen and oxygen atoms in total. The van der Waals surface area contributed by atoms with E-state index in [4.69, 9.17) is 9.15 Å². The predicted molar refractivity (Wildman–Crippen MR) is 125 cm³/mol. The molecule has 3 N–H and O–H groups in total. The SMILES string of the molecule is CC[C@@H](C)[C@@H](NC(=O)CNC(=O)COc1ccc2c(C)cc(=O)oc2c1C)C(=O)NC(C)C. The molecule has 0 bridgehead atoms. The fourth-order valence-corrected chi connectivity index (χ4v) is 3.33. The molecule has 0 aliphatic heterocycles. The number of rotatable bonds is 10. The molecule has 0 spiro atoms. The van der Waals surface area contributed by atoms with Crippen molar-refractivity contribution in [3.8, 4) is 5.75 Å². The van der Waals surface area contributed by atoms with Crippen molar-refractivity contribution in [3.05, 3.63) is 39.7 Å². The van der Waals surface area contributed by atoms with Crippen LogP contribution in [0, 0.1) is 19.8 Å². The van der Waals surface area contributed by atoms with Crippen molar-refractivity contribution in [3.63, 3.8) is 0 Å². The number of carbonyl (C=O) groups excluding carboxylic acids is 3. The fraction of sp³-hybridized carbons (Fsp3) is 0.500. The molecule has 2 rings (SSSR count). The van der Waals surface area contributed by atoms with Crippen LogP contribution in [0.3, 0.4) is 0 Å². The van der Waals surface area contributed by atoms with Gasteiger partial charge in [-0.05, 0) is 51.3 Å². The van der Waals surface area contributed by atoms with Crippen LogP contribution in [0.5, 0.6) is 5.75 Å². The van der Waals surface area contributed by atoms with Gasteiger partial charge in [-0.3, -0.25) is 14.4 Å². The molecule has 9 heteroatoms. The molecular weight excluding hydrogens is 426 g/mol. The second-order valence-corrected chi connectivity index (χ2v) is 8.47. The third kappa shape index (κ3) is 7.06. The van der Waals surface area contributed by atoms with Crippen LogP contribution in [-0.2, 0) is 14.4 Å². The Labute approximate surface area is 193 Å². The highest BCUT2D eigenvalue weighted by Crippen LogP contribution is 2.28. The minimum Gasteiger partial charge on any atom is -0.483 e.